The van der Waals surface area contributed by atoms with Gasteiger partial charge in [-0.05, 0) is 42.0 Å². The van der Waals surface area contributed by atoms with Crippen LogP contribution in [0.5, 0.6) is 0 Å². The summed E-state index contributed by atoms with van der Waals surface area (Å²) in [6, 6.07) is 15.6. The Balaban J connectivity index is 2.01. The molecule has 0 spiro atoms. The van der Waals surface area contributed by atoms with Crippen molar-refractivity contribution in [3.8, 4) is 0 Å². The lowest BCUT2D eigenvalue weighted by Crippen LogP contribution is -2.10. The molecule has 0 saturated heterocycles. The smallest absolute Gasteiger partial charge is 0.134 e. The highest BCUT2D eigenvalue weighted by Gasteiger charge is 2.14. The van der Waals surface area contributed by atoms with Gasteiger partial charge in [0.2, 0.25) is 0 Å². The van der Waals surface area contributed by atoms with Gasteiger partial charge in [0.1, 0.15) is 11.3 Å². The largest absolute Gasteiger partial charge is 0.459 e. The van der Waals surface area contributed by atoms with Gasteiger partial charge in [-0.15, -0.1) is 0 Å². The molecule has 4 heteroatoms. The molecule has 1 atom stereocenters. The fraction of sp³-hybridized carbons (Fsp3) is 0.0667. The molecule has 0 aliphatic rings. The normalized spacial score (nSPS) is 12.8. The van der Waals surface area contributed by atoms with Crippen LogP contribution in [0.1, 0.15) is 17.4 Å². The molecule has 0 aliphatic heterocycles. The van der Waals surface area contributed by atoms with Crippen molar-refractivity contribution in [3.05, 3.63) is 68.8 Å². The van der Waals surface area contributed by atoms with Crippen LogP contribution in [0, 0.1) is 0 Å². The predicted octanol–water partition coefficient (Wildman–Crippen LogP) is 5.01. The van der Waals surface area contributed by atoms with Gasteiger partial charge in [0.15, 0.2) is 0 Å². The van der Waals surface area contributed by atoms with Crippen molar-refractivity contribution in [1.82, 2.24) is 0 Å². The van der Waals surface area contributed by atoms with Crippen molar-refractivity contribution in [2.75, 3.05) is 0 Å². The van der Waals surface area contributed by atoms with Gasteiger partial charge in [0, 0.05) is 14.3 Å². The first-order valence-corrected chi connectivity index (χ1v) is 7.42. The maximum atomic E-state index is 6.25. The van der Waals surface area contributed by atoms with Gasteiger partial charge in [-0.25, -0.2) is 0 Å². The number of rotatable bonds is 2. The quantitative estimate of drug-likeness (QED) is 0.678. The Morgan fingerprint density at radius 1 is 0.895 bits per heavy atom. The predicted molar refractivity (Wildman–Crippen MR) is 84.1 cm³/mol. The molecule has 0 fully saturated rings. The van der Waals surface area contributed by atoms with Gasteiger partial charge >= 0.3 is 0 Å². The van der Waals surface area contributed by atoms with Gasteiger partial charge in [-0.1, -0.05) is 44.0 Å². The molecule has 1 aromatic heterocycles. The zero-order chi connectivity index (χ0) is 13.4. The van der Waals surface area contributed by atoms with Gasteiger partial charge in [0.25, 0.3) is 0 Å². The van der Waals surface area contributed by atoms with Crippen LogP contribution in [0.25, 0.3) is 11.0 Å². The summed E-state index contributed by atoms with van der Waals surface area (Å²) in [5.74, 6) is 0.774. The van der Waals surface area contributed by atoms with E-state index in [0.717, 1.165) is 31.2 Å². The van der Waals surface area contributed by atoms with Crippen LogP contribution in [0.3, 0.4) is 0 Å². The highest BCUT2D eigenvalue weighted by Crippen LogP contribution is 2.29. The first kappa shape index (κ1) is 12.9. The van der Waals surface area contributed by atoms with E-state index in [-0.39, 0.29) is 6.04 Å². The van der Waals surface area contributed by atoms with Crippen molar-refractivity contribution in [3.63, 3.8) is 0 Å². The fourth-order valence-electron chi connectivity index (χ4n) is 2.02. The lowest BCUT2D eigenvalue weighted by molar-refractivity contribution is 0.525. The summed E-state index contributed by atoms with van der Waals surface area (Å²) in [7, 11) is 0. The summed E-state index contributed by atoms with van der Waals surface area (Å²) < 4.78 is 7.88. The van der Waals surface area contributed by atoms with Gasteiger partial charge < -0.3 is 10.2 Å². The number of hydrogen-bond acceptors (Lipinski definition) is 2. The van der Waals surface area contributed by atoms with Crippen molar-refractivity contribution in [1.29, 1.82) is 0 Å². The molecule has 2 nitrogen and oxygen atoms in total. The minimum atomic E-state index is -0.251. The van der Waals surface area contributed by atoms with Crippen LogP contribution < -0.4 is 5.73 Å². The van der Waals surface area contributed by atoms with Gasteiger partial charge in [-0.2, -0.15) is 0 Å². The molecule has 1 unspecified atom stereocenters. The summed E-state index contributed by atoms with van der Waals surface area (Å²) in [6.45, 7) is 0. The maximum absolute atomic E-state index is 6.25. The minimum Gasteiger partial charge on any atom is -0.459 e. The second kappa shape index (κ2) is 5.12. The summed E-state index contributed by atoms with van der Waals surface area (Å²) in [4.78, 5) is 0. The molecule has 0 saturated carbocycles. The van der Waals surface area contributed by atoms with E-state index in [4.69, 9.17) is 10.2 Å². The van der Waals surface area contributed by atoms with Crippen LogP contribution in [-0.4, -0.2) is 0 Å². The van der Waals surface area contributed by atoms with Crippen molar-refractivity contribution in [2.24, 2.45) is 5.73 Å². The number of fused-ring (bicyclic) bond motifs is 1. The molecule has 0 bridgehead atoms. The third kappa shape index (κ3) is 2.61. The summed E-state index contributed by atoms with van der Waals surface area (Å²) in [5.41, 5.74) is 8.13. The van der Waals surface area contributed by atoms with E-state index in [2.05, 4.69) is 31.9 Å². The first-order chi connectivity index (χ1) is 9.13. The molecule has 2 N–H and O–H groups in total. The third-order valence-electron chi connectivity index (χ3n) is 3.03. The van der Waals surface area contributed by atoms with Crippen LogP contribution in [0.4, 0.5) is 0 Å². The van der Waals surface area contributed by atoms with Crippen molar-refractivity contribution < 1.29 is 4.42 Å². The molecular formula is C15H11Br2NO. The molecule has 19 heavy (non-hydrogen) atoms. The molecule has 2 aromatic carbocycles. The number of nitrogens with two attached hydrogens (primary N) is 1. The van der Waals surface area contributed by atoms with E-state index >= 15 is 0 Å². The number of hydrogen-bond donors (Lipinski definition) is 1. The topological polar surface area (TPSA) is 39.2 Å². The van der Waals surface area contributed by atoms with E-state index in [0.29, 0.717) is 0 Å². The Bertz CT molecular complexity index is 719. The fourth-order valence-corrected chi connectivity index (χ4v) is 2.67. The molecule has 3 aromatic rings. The highest BCUT2D eigenvalue weighted by atomic mass is 79.9. The summed E-state index contributed by atoms with van der Waals surface area (Å²) in [5, 5.41) is 1.05. The highest BCUT2D eigenvalue weighted by molar-refractivity contribution is 9.10. The second-order valence-electron chi connectivity index (χ2n) is 4.36. The van der Waals surface area contributed by atoms with E-state index in [1.54, 1.807) is 0 Å². The Hall–Kier alpha value is -1.10. The number of furan rings is 1. The Labute approximate surface area is 127 Å². The van der Waals surface area contributed by atoms with E-state index < -0.39 is 0 Å². The third-order valence-corrected chi connectivity index (χ3v) is 4.05. The Morgan fingerprint density at radius 2 is 1.58 bits per heavy atom. The SMILES string of the molecule is NC(c1ccc(Br)cc1)c1cc2cc(Br)ccc2o1. The van der Waals surface area contributed by atoms with E-state index in [1.165, 1.54) is 0 Å². The van der Waals surface area contributed by atoms with Crippen molar-refractivity contribution in [2.45, 2.75) is 6.04 Å². The van der Waals surface area contributed by atoms with Gasteiger partial charge in [0.05, 0.1) is 6.04 Å². The average molecular weight is 381 g/mol. The maximum Gasteiger partial charge on any atom is 0.134 e. The molecule has 0 aliphatic carbocycles. The van der Waals surface area contributed by atoms with Crippen LogP contribution in [0.15, 0.2) is 61.9 Å². The molecular weight excluding hydrogens is 370 g/mol. The molecule has 96 valence electrons. The Kier molecular flexibility index (Phi) is 3.48. The standard InChI is InChI=1S/C15H11Br2NO/c16-11-3-1-9(2-4-11)15(18)14-8-10-7-12(17)5-6-13(10)19-14/h1-8,15H,18H2. The zero-order valence-electron chi connectivity index (χ0n) is 9.94. The lowest BCUT2D eigenvalue weighted by atomic mass is 10.1. The molecule has 0 radical (unpaired) electrons. The van der Waals surface area contributed by atoms with Crippen LogP contribution in [-0.2, 0) is 0 Å². The van der Waals surface area contributed by atoms with E-state index in [1.807, 2.05) is 48.5 Å². The summed E-state index contributed by atoms with van der Waals surface area (Å²) in [6.07, 6.45) is 0. The monoisotopic (exact) mass is 379 g/mol. The number of halogens is 2. The zero-order valence-corrected chi connectivity index (χ0v) is 13.1. The van der Waals surface area contributed by atoms with E-state index in [9.17, 15) is 0 Å². The summed E-state index contributed by atoms with van der Waals surface area (Å²) >= 11 is 6.87. The lowest BCUT2D eigenvalue weighted by Gasteiger charge is -2.08. The molecule has 1 heterocycles. The minimum absolute atomic E-state index is 0.251. The average Bonchev–Trinajstić information content (AvgIpc) is 2.81. The second-order valence-corrected chi connectivity index (χ2v) is 6.19. The Morgan fingerprint density at radius 3 is 2.32 bits per heavy atom. The van der Waals surface area contributed by atoms with Crippen LogP contribution in [0.2, 0.25) is 0 Å². The molecule has 3 rings (SSSR count). The number of benzene rings is 2. The van der Waals surface area contributed by atoms with Crippen molar-refractivity contribution >= 4 is 42.8 Å². The van der Waals surface area contributed by atoms with Crippen LogP contribution >= 0.6 is 31.9 Å². The first-order valence-electron chi connectivity index (χ1n) is 5.83. The van der Waals surface area contributed by atoms with Gasteiger partial charge in [-0.3, -0.25) is 0 Å². The molecule has 0 amide bonds.